The van der Waals surface area contributed by atoms with Crippen molar-refractivity contribution in [1.82, 2.24) is 9.97 Å². The van der Waals surface area contributed by atoms with Crippen molar-refractivity contribution in [2.24, 2.45) is 0 Å². The number of hydrogen-bond donors (Lipinski definition) is 2. The monoisotopic (exact) mass is 368 g/mol. The predicted molar refractivity (Wildman–Crippen MR) is 91.3 cm³/mol. The molecule has 1 aliphatic rings. The van der Waals surface area contributed by atoms with E-state index < -0.39 is 10.2 Å². The highest BCUT2D eigenvalue weighted by molar-refractivity contribution is 7.94. The molecule has 0 amide bonds. The number of H-pyrrole nitrogens is 1. The fraction of sp³-hybridized carbons (Fsp3) is 0.0714. The third-order valence-corrected chi connectivity index (χ3v) is 5.69. The molecule has 2 aromatic heterocycles. The van der Waals surface area contributed by atoms with Crippen LogP contribution in [0.2, 0.25) is 10.0 Å². The molecule has 1 aromatic carbocycles. The smallest absolute Gasteiger partial charge is 0.324 e. The molecule has 9 heteroatoms. The van der Waals surface area contributed by atoms with Crippen LogP contribution in [-0.2, 0) is 16.8 Å². The van der Waals surface area contributed by atoms with Crippen molar-refractivity contribution in [1.29, 1.82) is 0 Å². The van der Waals surface area contributed by atoms with Gasteiger partial charge < -0.3 is 4.98 Å². The van der Waals surface area contributed by atoms with Gasteiger partial charge in [0.2, 0.25) is 0 Å². The Morgan fingerprint density at radius 2 is 2.09 bits per heavy atom. The van der Waals surface area contributed by atoms with Crippen molar-refractivity contribution in [2.45, 2.75) is 6.54 Å². The quantitative estimate of drug-likeness (QED) is 0.689. The second-order valence-electron chi connectivity index (χ2n) is 5.10. The lowest BCUT2D eigenvalue weighted by atomic mass is 10.1. The van der Waals surface area contributed by atoms with Crippen LogP contribution in [0.3, 0.4) is 0 Å². The van der Waals surface area contributed by atoms with Gasteiger partial charge in [-0.1, -0.05) is 23.2 Å². The molecule has 3 aromatic rings. The molecule has 3 heterocycles. The summed E-state index contributed by atoms with van der Waals surface area (Å²) in [6, 6.07) is 5.09. The van der Waals surface area contributed by atoms with Crippen molar-refractivity contribution >= 4 is 55.7 Å². The van der Waals surface area contributed by atoms with Crippen molar-refractivity contribution in [3.8, 4) is 0 Å². The highest BCUT2D eigenvalue weighted by Gasteiger charge is 2.32. The maximum atomic E-state index is 12.6. The van der Waals surface area contributed by atoms with E-state index in [1.54, 1.807) is 30.6 Å². The number of aromatic nitrogens is 2. The molecular formula is C14H10Cl2N4O2S. The summed E-state index contributed by atoms with van der Waals surface area (Å²) < 4.78 is 29.0. The molecule has 0 aliphatic carbocycles. The van der Waals surface area contributed by atoms with Crippen LogP contribution in [0, 0.1) is 0 Å². The molecule has 0 saturated heterocycles. The van der Waals surface area contributed by atoms with Gasteiger partial charge in [-0.2, -0.15) is 8.42 Å². The van der Waals surface area contributed by atoms with Crippen LogP contribution in [-0.4, -0.2) is 18.4 Å². The summed E-state index contributed by atoms with van der Waals surface area (Å²) in [6.07, 6.45) is 4.67. The topological polar surface area (TPSA) is 78.1 Å². The average molecular weight is 369 g/mol. The van der Waals surface area contributed by atoms with Gasteiger partial charge in [-0.05, 0) is 18.2 Å². The summed E-state index contributed by atoms with van der Waals surface area (Å²) >= 11 is 12.4. The Balaban J connectivity index is 1.93. The molecule has 4 rings (SSSR count). The first-order chi connectivity index (χ1) is 11.0. The number of anilines is 2. The lowest BCUT2D eigenvalue weighted by Crippen LogP contribution is -2.39. The van der Waals surface area contributed by atoms with Crippen molar-refractivity contribution in [3.05, 3.63) is 52.4 Å². The molecule has 0 fully saturated rings. The van der Waals surface area contributed by atoms with Crippen LogP contribution in [0.15, 0.2) is 36.8 Å². The first-order valence-corrected chi connectivity index (χ1v) is 8.85. The van der Waals surface area contributed by atoms with Crippen LogP contribution in [0.5, 0.6) is 0 Å². The number of rotatable bonds is 1. The van der Waals surface area contributed by atoms with E-state index in [9.17, 15) is 8.42 Å². The van der Waals surface area contributed by atoms with Gasteiger partial charge in [0, 0.05) is 23.3 Å². The zero-order chi connectivity index (χ0) is 16.2. The van der Waals surface area contributed by atoms with Gasteiger partial charge in [0.25, 0.3) is 0 Å². The lowest BCUT2D eigenvalue weighted by molar-refractivity contribution is 0.594. The number of aromatic amines is 1. The molecule has 0 bridgehead atoms. The van der Waals surface area contributed by atoms with E-state index in [4.69, 9.17) is 23.2 Å². The molecule has 6 nitrogen and oxygen atoms in total. The second-order valence-corrected chi connectivity index (χ2v) is 7.51. The molecule has 118 valence electrons. The highest BCUT2D eigenvalue weighted by atomic mass is 35.5. The summed E-state index contributed by atoms with van der Waals surface area (Å²) in [7, 11) is -3.75. The standard InChI is InChI=1S/C14H10Cl2N4O2S/c15-10-4-8-7-20(9-2-1-3-17-5-9)23(21,22)19-13(8)14-12(10)11(16)6-18-14/h1-6,18-19H,7H2. The highest BCUT2D eigenvalue weighted by Crippen LogP contribution is 2.41. The van der Waals surface area contributed by atoms with Crippen molar-refractivity contribution < 1.29 is 8.42 Å². The van der Waals surface area contributed by atoms with Crippen molar-refractivity contribution in [3.63, 3.8) is 0 Å². The molecule has 1 aliphatic heterocycles. The third kappa shape index (κ3) is 2.23. The Morgan fingerprint density at radius 1 is 1.26 bits per heavy atom. The summed E-state index contributed by atoms with van der Waals surface area (Å²) in [6.45, 7) is 0.155. The Hall–Kier alpha value is -1.96. The number of benzene rings is 1. The average Bonchev–Trinajstić information content (AvgIpc) is 2.91. The van der Waals surface area contributed by atoms with E-state index in [-0.39, 0.29) is 6.54 Å². The lowest BCUT2D eigenvalue weighted by Gasteiger charge is -2.31. The minimum atomic E-state index is -3.75. The second kappa shape index (κ2) is 5.02. The Kier molecular flexibility index (Phi) is 3.19. The first-order valence-electron chi connectivity index (χ1n) is 6.66. The molecule has 0 atom stereocenters. The van der Waals surface area contributed by atoms with E-state index in [2.05, 4.69) is 14.7 Å². The number of nitrogens with zero attached hydrogens (tertiary/aromatic N) is 2. The van der Waals surface area contributed by atoms with Gasteiger partial charge in [0.15, 0.2) is 0 Å². The predicted octanol–water partition coefficient (Wildman–Crippen LogP) is 3.55. The van der Waals surface area contributed by atoms with E-state index in [1.165, 1.54) is 10.5 Å². The molecule has 23 heavy (non-hydrogen) atoms. The number of fused-ring (bicyclic) bond motifs is 3. The zero-order valence-electron chi connectivity index (χ0n) is 11.5. The third-order valence-electron chi connectivity index (χ3n) is 3.71. The maximum absolute atomic E-state index is 12.6. The van der Waals surface area contributed by atoms with Crippen LogP contribution in [0.1, 0.15) is 5.56 Å². The number of nitrogens with one attached hydrogen (secondary N) is 2. The first kappa shape index (κ1) is 14.6. The van der Waals surface area contributed by atoms with E-state index >= 15 is 0 Å². The Labute approximate surface area is 142 Å². The molecule has 2 N–H and O–H groups in total. The number of halogens is 2. The summed E-state index contributed by atoms with van der Waals surface area (Å²) in [4.78, 5) is 6.94. The molecule has 0 saturated carbocycles. The molecule has 0 unspecified atom stereocenters. The van der Waals surface area contributed by atoms with Gasteiger partial charge in [-0.15, -0.1) is 0 Å². The summed E-state index contributed by atoms with van der Waals surface area (Å²) in [5.74, 6) is 0. The zero-order valence-corrected chi connectivity index (χ0v) is 13.9. The Morgan fingerprint density at radius 3 is 2.83 bits per heavy atom. The van der Waals surface area contributed by atoms with Crippen LogP contribution in [0.25, 0.3) is 10.9 Å². The van der Waals surface area contributed by atoms with Gasteiger partial charge >= 0.3 is 10.2 Å². The van der Waals surface area contributed by atoms with Gasteiger partial charge in [0.05, 0.1) is 39.7 Å². The largest absolute Gasteiger partial charge is 0.358 e. The minimum Gasteiger partial charge on any atom is -0.358 e. The SMILES string of the molecule is O=S1(=O)Nc2c(cc(Cl)c3c(Cl)c[nH]c23)CN1c1cccnc1. The van der Waals surface area contributed by atoms with Crippen LogP contribution >= 0.6 is 23.2 Å². The van der Waals surface area contributed by atoms with Crippen LogP contribution < -0.4 is 9.03 Å². The number of pyridine rings is 1. The number of hydrogen-bond acceptors (Lipinski definition) is 3. The van der Waals surface area contributed by atoms with Crippen molar-refractivity contribution in [2.75, 3.05) is 9.03 Å². The van der Waals surface area contributed by atoms with Gasteiger partial charge in [-0.3, -0.25) is 9.71 Å². The van der Waals surface area contributed by atoms with Gasteiger partial charge in [-0.25, -0.2) is 4.31 Å². The normalized spacial score (nSPS) is 16.2. The minimum absolute atomic E-state index is 0.155. The maximum Gasteiger partial charge on any atom is 0.324 e. The van der Waals surface area contributed by atoms with E-state index in [0.29, 0.717) is 32.3 Å². The van der Waals surface area contributed by atoms with E-state index in [1.807, 2.05) is 0 Å². The van der Waals surface area contributed by atoms with Crippen LogP contribution in [0.4, 0.5) is 11.4 Å². The summed E-state index contributed by atoms with van der Waals surface area (Å²) in [5, 5.41) is 1.52. The fourth-order valence-corrected chi connectivity index (χ4v) is 4.61. The van der Waals surface area contributed by atoms with E-state index in [0.717, 1.165) is 5.56 Å². The Bertz CT molecular complexity index is 1020. The van der Waals surface area contributed by atoms with Gasteiger partial charge in [0.1, 0.15) is 0 Å². The molecule has 0 spiro atoms. The summed E-state index contributed by atoms with van der Waals surface area (Å²) in [5.41, 5.74) is 2.27. The molecule has 0 radical (unpaired) electrons. The fourth-order valence-electron chi connectivity index (χ4n) is 2.68. The molecular weight excluding hydrogens is 359 g/mol.